The molecule has 23 heavy (non-hydrogen) atoms. The molecule has 0 spiro atoms. The molecule has 0 aliphatic carbocycles. The minimum Gasteiger partial charge on any atom is -0.338 e. The average Bonchev–Trinajstić information content (AvgIpc) is 3.17. The third-order valence-electron chi connectivity index (χ3n) is 3.99. The molecule has 1 atom stereocenters. The molecule has 1 aliphatic rings. The summed E-state index contributed by atoms with van der Waals surface area (Å²) >= 11 is 0. The lowest BCUT2D eigenvalue weighted by molar-refractivity contribution is 0.201. The molecule has 3 rings (SSSR count). The van der Waals surface area contributed by atoms with Gasteiger partial charge in [-0.1, -0.05) is 35.5 Å². The summed E-state index contributed by atoms with van der Waals surface area (Å²) in [4.78, 5) is 6.57. The van der Waals surface area contributed by atoms with Crippen LogP contribution in [0.1, 0.15) is 36.2 Å². The van der Waals surface area contributed by atoms with E-state index in [0.717, 1.165) is 25.9 Å². The van der Waals surface area contributed by atoms with E-state index in [1.165, 1.54) is 12.6 Å². The molecule has 8 heteroatoms. The molecule has 0 bridgehead atoms. The fourth-order valence-electron chi connectivity index (χ4n) is 2.82. The molecule has 124 valence electrons. The zero-order chi connectivity index (χ0) is 16.3. The number of nitrogens with one attached hydrogen (secondary N) is 1. The van der Waals surface area contributed by atoms with Crippen molar-refractivity contribution in [2.24, 2.45) is 0 Å². The second-order valence-corrected chi connectivity index (χ2v) is 7.55. The first-order chi connectivity index (χ1) is 11.1. The predicted octanol–water partition coefficient (Wildman–Crippen LogP) is 1.46. The van der Waals surface area contributed by atoms with Crippen LogP contribution in [0.3, 0.4) is 0 Å². The van der Waals surface area contributed by atoms with E-state index in [1.807, 2.05) is 18.2 Å². The Morgan fingerprint density at radius 1 is 1.35 bits per heavy atom. The van der Waals surface area contributed by atoms with E-state index in [0.29, 0.717) is 5.89 Å². The van der Waals surface area contributed by atoms with Crippen LogP contribution in [0, 0.1) is 0 Å². The first-order valence-corrected chi connectivity index (χ1v) is 9.24. The van der Waals surface area contributed by atoms with Gasteiger partial charge in [0.25, 0.3) is 0 Å². The number of hydrogen-bond acceptors (Lipinski definition) is 6. The van der Waals surface area contributed by atoms with Crippen molar-refractivity contribution in [3.05, 3.63) is 47.6 Å². The Balaban J connectivity index is 1.72. The molecule has 0 saturated carbocycles. The van der Waals surface area contributed by atoms with Gasteiger partial charge in [0.05, 0.1) is 6.04 Å². The Kier molecular flexibility index (Phi) is 4.74. The Morgan fingerprint density at radius 3 is 2.87 bits per heavy atom. The van der Waals surface area contributed by atoms with Crippen LogP contribution >= 0.6 is 0 Å². The van der Waals surface area contributed by atoms with Gasteiger partial charge in [0.2, 0.25) is 15.9 Å². The van der Waals surface area contributed by atoms with Crippen LogP contribution in [0.5, 0.6) is 0 Å². The van der Waals surface area contributed by atoms with Crippen molar-refractivity contribution < 1.29 is 12.9 Å². The number of sulfonamides is 1. The number of hydrogen-bond donors (Lipinski definition) is 1. The molecule has 1 saturated heterocycles. The van der Waals surface area contributed by atoms with Crippen molar-refractivity contribution in [3.8, 4) is 0 Å². The maximum atomic E-state index is 11.6. The van der Waals surface area contributed by atoms with Crippen LogP contribution in [0.2, 0.25) is 0 Å². The van der Waals surface area contributed by atoms with E-state index in [9.17, 15) is 8.42 Å². The van der Waals surface area contributed by atoms with E-state index in [2.05, 4.69) is 31.9 Å². The molecule has 1 aromatic heterocycles. The Hall–Kier alpha value is -1.77. The molecular weight excluding hydrogens is 316 g/mol. The average molecular weight is 336 g/mol. The summed E-state index contributed by atoms with van der Waals surface area (Å²) in [7, 11) is -2.02. The number of likely N-dealkylation sites (tertiary alicyclic amines) is 1. The zero-order valence-corrected chi connectivity index (χ0v) is 13.8. The SMILES string of the molecule is CNS(=O)(=O)Cc1noc([C@@H]2CCCN2Cc2ccccc2)n1. The summed E-state index contributed by atoms with van der Waals surface area (Å²) in [5, 5.41) is 3.80. The Labute approximate surface area is 135 Å². The third-order valence-corrected chi connectivity index (χ3v) is 5.25. The van der Waals surface area contributed by atoms with Crippen LogP contribution in [0.25, 0.3) is 0 Å². The number of aromatic nitrogens is 2. The molecule has 2 heterocycles. The summed E-state index contributed by atoms with van der Waals surface area (Å²) in [6.07, 6.45) is 2.00. The first-order valence-electron chi connectivity index (χ1n) is 7.59. The number of benzene rings is 1. The summed E-state index contributed by atoms with van der Waals surface area (Å²) in [5.41, 5.74) is 1.23. The fraction of sp³-hybridized carbons (Fsp3) is 0.467. The van der Waals surface area contributed by atoms with Gasteiger partial charge >= 0.3 is 0 Å². The number of rotatable bonds is 6. The van der Waals surface area contributed by atoms with Crippen LogP contribution in [-0.4, -0.2) is 37.1 Å². The summed E-state index contributed by atoms with van der Waals surface area (Å²) in [6.45, 7) is 1.78. The minimum absolute atomic E-state index is 0.0498. The highest BCUT2D eigenvalue weighted by atomic mass is 32.2. The van der Waals surface area contributed by atoms with E-state index >= 15 is 0 Å². The maximum absolute atomic E-state index is 11.6. The largest absolute Gasteiger partial charge is 0.338 e. The molecule has 0 amide bonds. The van der Waals surface area contributed by atoms with Crippen LogP contribution < -0.4 is 4.72 Å². The highest BCUT2D eigenvalue weighted by molar-refractivity contribution is 7.88. The van der Waals surface area contributed by atoms with Crippen molar-refractivity contribution in [1.29, 1.82) is 0 Å². The normalized spacial score (nSPS) is 19.3. The molecule has 2 aromatic rings. The highest BCUT2D eigenvalue weighted by Gasteiger charge is 2.31. The predicted molar refractivity (Wildman–Crippen MR) is 84.8 cm³/mol. The van der Waals surface area contributed by atoms with Gasteiger partial charge in [0.15, 0.2) is 5.82 Å². The van der Waals surface area contributed by atoms with Gasteiger partial charge < -0.3 is 4.52 Å². The van der Waals surface area contributed by atoms with Crippen molar-refractivity contribution in [2.45, 2.75) is 31.2 Å². The van der Waals surface area contributed by atoms with Gasteiger partial charge in [-0.15, -0.1) is 0 Å². The Bertz CT molecular complexity index is 745. The topological polar surface area (TPSA) is 88.3 Å². The van der Waals surface area contributed by atoms with Gasteiger partial charge in [-0.3, -0.25) is 4.90 Å². The van der Waals surface area contributed by atoms with Gasteiger partial charge in [-0.2, -0.15) is 4.98 Å². The fourth-order valence-corrected chi connectivity index (χ4v) is 3.42. The van der Waals surface area contributed by atoms with Crippen LogP contribution in [0.4, 0.5) is 0 Å². The van der Waals surface area contributed by atoms with Gasteiger partial charge in [-0.05, 0) is 32.0 Å². The highest BCUT2D eigenvalue weighted by Crippen LogP contribution is 2.32. The lowest BCUT2D eigenvalue weighted by Gasteiger charge is -2.21. The van der Waals surface area contributed by atoms with E-state index in [-0.39, 0.29) is 17.6 Å². The van der Waals surface area contributed by atoms with E-state index < -0.39 is 10.0 Å². The van der Waals surface area contributed by atoms with Crippen molar-refractivity contribution in [2.75, 3.05) is 13.6 Å². The smallest absolute Gasteiger partial charge is 0.244 e. The van der Waals surface area contributed by atoms with Gasteiger partial charge in [0, 0.05) is 6.54 Å². The third kappa shape index (κ3) is 3.95. The summed E-state index contributed by atoms with van der Waals surface area (Å²) in [6, 6.07) is 10.3. The molecule has 1 aliphatic heterocycles. The molecule has 0 unspecified atom stereocenters. The van der Waals surface area contributed by atoms with Crippen LogP contribution in [0.15, 0.2) is 34.9 Å². The zero-order valence-electron chi connectivity index (χ0n) is 13.0. The van der Waals surface area contributed by atoms with Crippen LogP contribution in [-0.2, 0) is 22.3 Å². The molecule has 1 fully saturated rings. The van der Waals surface area contributed by atoms with E-state index in [1.54, 1.807) is 0 Å². The first kappa shape index (κ1) is 16.1. The summed E-state index contributed by atoms with van der Waals surface area (Å²) in [5.74, 6) is 0.430. The van der Waals surface area contributed by atoms with Gasteiger partial charge in [-0.25, -0.2) is 13.1 Å². The molecule has 7 nitrogen and oxygen atoms in total. The lowest BCUT2D eigenvalue weighted by atomic mass is 10.2. The second kappa shape index (κ2) is 6.77. The molecule has 1 aromatic carbocycles. The molecule has 0 radical (unpaired) electrons. The lowest BCUT2D eigenvalue weighted by Crippen LogP contribution is -2.23. The quantitative estimate of drug-likeness (QED) is 0.859. The van der Waals surface area contributed by atoms with E-state index in [4.69, 9.17) is 4.52 Å². The molecule has 1 N–H and O–H groups in total. The Morgan fingerprint density at radius 2 is 2.13 bits per heavy atom. The minimum atomic E-state index is -3.39. The second-order valence-electron chi connectivity index (χ2n) is 5.63. The number of nitrogens with zero attached hydrogens (tertiary/aromatic N) is 3. The van der Waals surface area contributed by atoms with Crippen molar-refractivity contribution in [3.63, 3.8) is 0 Å². The summed E-state index contributed by atoms with van der Waals surface area (Å²) < 4.78 is 30.7. The van der Waals surface area contributed by atoms with Crippen molar-refractivity contribution in [1.82, 2.24) is 19.8 Å². The standard InChI is InChI=1S/C15H20N4O3S/c1-16-23(20,21)11-14-17-15(22-18-14)13-8-5-9-19(13)10-12-6-3-2-4-7-12/h2-4,6-7,13,16H,5,8-11H2,1H3/t13-/m0/s1. The van der Waals surface area contributed by atoms with Crippen molar-refractivity contribution >= 4 is 10.0 Å². The maximum Gasteiger partial charge on any atom is 0.244 e. The molecular formula is C15H20N4O3S. The van der Waals surface area contributed by atoms with Gasteiger partial charge in [0.1, 0.15) is 5.75 Å². The monoisotopic (exact) mass is 336 g/mol.